The van der Waals surface area contributed by atoms with E-state index in [0.717, 1.165) is 28.7 Å². The van der Waals surface area contributed by atoms with Crippen molar-refractivity contribution in [3.05, 3.63) is 125 Å². The SMILES string of the molecule is CC(Cc1cccc(CC(=O)NCc2ccc(S(=O)(=O)NCc3ccccc3)cc2)c1)NCC(O)c1ccc(N)nc1. The molecule has 0 fully saturated rings. The Labute approximate surface area is 247 Å². The molecule has 0 radical (unpaired) electrons. The number of aliphatic hydroxyl groups excluding tert-OH is 1. The number of hydrogen-bond acceptors (Lipinski definition) is 7. The summed E-state index contributed by atoms with van der Waals surface area (Å²) < 4.78 is 27.8. The predicted octanol–water partition coefficient (Wildman–Crippen LogP) is 3.26. The molecule has 0 saturated heterocycles. The molecular formula is C32H37N5O4S. The van der Waals surface area contributed by atoms with E-state index in [2.05, 4.69) is 20.3 Å². The van der Waals surface area contributed by atoms with Gasteiger partial charge in [-0.3, -0.25) is 4.79 Å². The molecule has 10 heteroatoms. The van der Waals surface area contributed by atoms with Crippen LogP contribution in [0, 0.1) is 0 Å². The number of aromatic nitrogens is 1. The van der Waals surface area contributed by atoms with E-state index in [4.69, 9.17) is 5.73 Å². The van der Waals surface area contributed by atoms with Gasteiger partial charge in [-0.05, 0) is 53.8 Å². The van der Waals surface area contributed by atoms with Gasteiger partial charge in [0, 0.05) is 37.4 Å². The van der Waals surface area contributed by atoms with Crippen molar-refractivity contribution < 1.29 is 18.3 Å². The van der Waals surface area contributed by atoms with E-state index in [-0.39, 0.29) is 29.8 Å². The van der Waals surface area contributed by atoms with Crippen molar-refractivity contribution in [2.75, 3.05) is 12.3 Å². The van der Waals surface area contributed by atoms with Gasteiger partial charge in [-0.25, -0.2) is 18.1 Å². The highest BCUT2D eigenvalue weighted by Crippen LogP contribution is 2.14. The van der Waals surface area contributed by atoms with Crippen LogP contribution >= 0.6 is 0 Å². The summed E-state index contributed by atoms with van der Waals surface area (Å²) in [5, 5.41) is 16.6. The number of nitrogens with one attached hydrogen (secondary N) is 3. The number of benzene rings is 3. The second kappa shape index (κ2) is 14.7. The number of nitrogens with zero attached hydrogens (tertiary/aromatic N) is 1. The van der Waals surface area contributed by atoms with Crippen LogP contribution in [-0.2, 0) is 40.7 Å². The average molecular weight is 588 g/mol. The van der Waals surface area contributed by atoms with Gasteiger partial charge < -0.3 is 21.5 Å². The van der Waals surface area contributed by atoms with E-state index < -0.39 is 16.1 Å². The molecule has 0 bridgehead atoms. The maximum Gasteiger partial charge on any atom is 0.240 e. The topological polar surface area (TPSA) is 146 Å². The summed E-state index contributed by atoms with van der Waals surface area (Å²) in [5.41, 5.74) is 9.97. The third-order valence-electron chi connectivity index (χ3n) is 6.78. The van der Waals surface area contributed by atoms with Crippen LogP contribution in [0.25, 0.3) is 0 Å². The summed E-state index contributed by atoms with van der Waals surface area (Å²) in [6.07, 6.45) is 1.85. The number of carbonyl (C=O) groups excluding carboxylic acids is 1. The molecule has 0 saturated carbocycles. The minimum absolute atomic E-state index is 0.103. The summed E-state index contributed by atoms with van der Waals surface area (Å²) >= 11 is 0. The number of rotatable bonds is 14. The Morgan fingerprint density at radius 2 is 1.57 bits per heavy atom. The molecule has 4 aromatic rings. The largest absolute Gasteiger partial charge is 0.387 e. The fourth-order valence-corrected chi connectivity index (χ4v) is 5.45. The summed E-state index contributed by atoms with van der Waals surface area (Å²) in [5.74, 6) is 0.287. The minimum atomic E-state index is -3.64. The number of nitrogens with two attached hydrogens (primary N) is 1. The Hall–Kier alpha value is -4.09. The van der Waals surface area contributed by atoms with E-state index in [0.29, 0.717) is 24.5 Å². The summed E-state index contributed by atoms with van der Waals surface area (Å²) in [4.78, 5) is 16.8. The molecule has 2 unspecified atom stereocenters. The Morgan fingerprint density at radius 1 is 0.881 bits per heavy atom. The Morgan fingerprint density at radius 3 is 2.29 bits per heavy atom. The number of hydrogen-bond donors (Lipinski definition) is 5. The third-order valence-corrected chi connectivity index (χ3v) is 8.20. The van der Waals surface area contributed by atoms with Gasteiger partial charge in [-0.1, -0.05) is 72.8 Å². The Balaban J connectivity index is 1.21. The molecule has 6 N–H and O–H groups in total. The van der Waals surface area contributed by atoms with Crippen molar-refractivity contribution in [2.24, 2.45) is 0 Å². The van der Waals surface area contributed by atoms with Crippen LogP contribution in [0.5, 0.6) is 0 Å². The lowest BCUT2D eigenvalue weighted by Gasteiger charge is -2.18. The van der Waals surface area contributed by atoms with Crippen molar-refractivity contribution >= 4 is 21.7 Å². The highest BCUT2D eigenvalue weighted by molar-refractivity contribution is 7.89. The molecule has 1 aromatic heterocycles. The zero-order valence-corrected chi connectivity index (χ0v) is 24.3. The molecule has 4 rings (SSSR count). The first-order valence-corrected chi connectivity index (χ1v) is 15.3. The zero-order chi connectivity index (χ0) is 30.0. The lowest BCUT2D eigenvalue weighted by Crippen LogP contribution is -2.32. The average Bonchev–Trinajstić information content (AvgIpc) is 2.99. The number of amides is 1. The molecule has 2 atom stereocenters. The fourth-order valence-electron chi connectivity index (χ4n) is 4.43. The molecule has 220 valence electrons. The van der Waals surface area contributed by atoms with Crippen LogP contribution < -0.4 is 21.1 Å². The lowest BCUT2D eigenvalue weighted by molar-refractivity contribution is -0.120. The van der Waals surface area contributed by atoms with E-state index in [1.165, 1.54) is 0 Å². The molecule has 0 aliphatic heterocycles. The summed E-state index contributed by atoms with van der Waals surface area (Å²) in [7, 11) is -3.64. The van der Waals surface area contributed by atoms with E-state index in [1.54, 1.807) is 42.6 Å². The van der Waals surface area contributed by atoms with Gasteiger partial charge in [0.1, 0.15) is 5.82 Å². The highest BCUT2D eigenvalue weighted by Gasteiger charge is 2.14. The molecule has 9 nitrogen and oxygen atoms in total. The van der Waals surface area contributed by atoms with Crippen molar-refractivity contribution in [1.82, 2.24) is 20.3 Å². The normalized spacial score (nSPS) is 12.9. The quantitative estimate of drug-likeness (QED) is 0.152. The van der Waals surface area contributed by atoms with Crippen LogP contribution in [0.2, 0.25) is 0 Å². The van der Waals surface area contributed by atoms with E-state index in [9.17, 15) is 18.3 Å². The predicted molar refractivity (Wildman–Crippen MR) is 164 cm³/mol. The third kappa shape index (κ3) is 9.49. The molecule has 3 aromatic carbocycles. The standard InChI is InChI=1S/C32H37N5O4S/c1-23(34-22-30(38)28-12-15-31(33)35-21-28)16-26-8-5-9-27(17-26)18-32(39)36-19-25-10-13-29(14-11-25)42(40,41)37-20-24-6-3-2-4-7-24/h2-15,17,21,23,30,34,37-38H,16,18-20,22H2,1H3,(H2,33,35)(H,36,39). The minimum Gasteiger partial charge on any atom is -0.387 e. The smallest absolute Gasteiger partial charge is 0.240 e. The molecular weight excluding hydrogens is 550 g/mol. The molecule has 0 spiro atoms. The maximum atomic E-state index is 12.6. The maximum absolute atomic E-state index is 12.6. The van der Waals surface area contributed by atoms with Crippen LogP contribution in [0.3, 0.4) is 0 Å². The second-order valence-corrected chi connectivity index (χ2v) is 12.0. The molecule has 42 heavy (non-hydrogen) atoms. The lowest BCUT2D eigenvalue weighted by atomic mass is 10.0. The Bertz CT molecular complexity index is 1550. The van der Waals surface area contributed by atoms with Crippen molar-refractivity contribution in [2.45, 2.75) is 49.9 Å². The van der Waals surface area contributed by atoms with Crippen LogP contribution in [0.4, 0.5) is 5.82 Å². The first kappa shape index (κ1) is 30.9. The second-order valence-electron chi connectivity index (χ2n) is 10.3. The number of nitrogen functional groups attached to an aromatic ring is 1. The van der Waals surface area contributed by atoms with Crippen molar-refractivity contribution in [1.29, 1.82) is 0 Å². The van der Waals surface area contributed by atoms with Gasteiger partial charge >= 0.3 is 0 Å². The van der Waals surface area contributed by atoms with Gasteiger partial charge in [-0.2, -0.15) is 0 Å². The zero-order valence-electron chi connectivity index (χ0n) is 23.5. The van der Waals surface area contributed by atoms with Crippen LogP contribution in [0.1, 0.15) is 40.8 Å². The highest BCUT2D eigenvalue weighted by atomic mass is 32.2. The van der Waals surface area contributed by atoms with Gasteiger partial charge in [0.2, 0.25) is 15.9 Å². The van der Waals surface area contributed by atoms with Gasteiger partial charge in [0.15, 0.2) is 0 Å². The summed E-state index contributed by atoms with van der Waals surface area (Å²) in [6, 6.07) is 27.2. The number of pyridine rings is 1. The van der Waals surface area contributed by atoms with Crippen molar-refractivity contribution in [3.8, 4) is 0 Å². The molecule has 1 amide bonds. The molecule has 1 heterocycles. The first-order valence-electron chi connectivity index (χ1n) is 13.8. The first-order chi connectivity index (χ1) is 20.2. The van der Waals surface area contributed by atoms with Gasteiger partial charge in [-0.15, -0.1) is 0 Å². The Kier molecular flexibility index (Phi) is 10.8. The fraction of sp³-hybridized carbons (Fsp3) is 0.250. The van der Waals surface area contributed by atoms with Crippen molar-refractivity contribution in [3.63, 3.8) is 0 Å². The van der Waals surface area contributed by atoms with Crippen LogP contribution in [-0.4, -0.2) is 37.0 Å². The summed E-state index contributed by atoms with van der Waals surface area (Å²) in [6.45, 7) is 2.93. The number of carbonyl (C=O) groups is 1. The monoisotopic (exact) mass is 587 g/mol. The van der Waals surface area contributed by atoms with Gasteiger partial charge in [0.05, 0.1) is 17.4 Å². The molecule has 0 aliphatic rings. The van der Waals surface area contributed by atoms with Gasteiger partial charge in [0.25, 0.3) is 0 Å². The number of aliphatic hydroxyl groups is 1. The van der Waals surface area contributed by atoms with E-state index in [1.807, 2.05) is 61.5 Å². The number of sulfonamides is 1. The number of anilines is 1. The molecule has 0 aliphatic carbocycles. The van der Waals surface area contributed by atoms with Crippen LogP contribution in [0.15, 0.2) is 102 Å². The van der Waals surface area contributed by atoms with E-state index >= 15 is 0 Å².